The van der Waals surface area contributed by atoms with Crippen molar-refractivity contribution in [1.82, 2.24) is 10.6 Å². The maximum absolute atomic E-state index is 11.3. The van der Waals surface area contributed by atoms with Crippen LogP contribution < -0.4 is 10.6 Å². The number of aldehydes is 1. The summed E-state index contributed by atoms with van der Waals surface area (Å²) in [4.78, 5) is 11.3. The van der Waals surface area contributed by atoms with Crippen LogP contribution in [0.25, 0.3) is 0 Å². The Morgan fingerprint density at radius 1 is 0.804 bits per heavy atom. The zero-order valence-corrected chi connectivity index (χ0v) is 35.8. The van der Waals surface area contributed by atoms with E-state index in [1.807, 2.05) is 12.1 Å². The van der Waals surface area contributed by atoms with Gasteiger partial charge < -0.3 is 15.7 Å². The molecule has 0 spiro atoms. The lowest BCUT2D eigenvalue weighted by Crippen LogP contribution is -2.68. The fourth-order valence-electron chi connectivity index (χ4n) is 13.5. The van der Waals surface area contributed by atoms with E-state index in [2.05, 4.69) is 104 Å². The molecule has 0 aliphatic heterocycles. The maximum atomic E-state index is 11.3. The Kier molecular flexibility index (Phi) is 14.9. The zero-order chi connectivity index (χ0) is 37.7. The highest BCUT2D eigenvalue weighted by Gasteiger charge is 2.69. The molecule has 0 aromatic heterocycles. The van der Waals surface area contributed by atoms with Crippen molar-refractivity contribution in [2.75, 3.05) is 32.5 Å². The highest BCUT2D eigenvalue weighted by molar-refractivity contribution is 7.99. The van der Waals surface area contributed by atoms with E-state index >= 15 is 0 Å². The number of benzene rings is 1. The lowest BCUT2D eigenvalue weighted by Gasteiger charge is -2.73. The Morgan fingerprint density at radius 2 is 1.49 bits per heavy atom. The first-order valence-electron chi connectivity index (χ1n) is 21.3. The van der Waals surface area contributed by atoms with Gasteiger partial charge in [0.1, 0.15) is 6.29 Å². The fraction of sp³-hybridized carbons (Fsp3) is 0.848. The minimum absolute atomic E-state index is 0.270. The van der Waals surface area contributed by atoms with E-state index in [0.29, 0.717) is 27.7 Å². The Bertz CT molecular complexity index is 1230. The van der Waals surface area contributed by atoms with Crippen LogP contribution in [0.3, 0.4) is 0 Å². The molecule has 6 rings (SSSR count). The zero-order valence-electron chi connectivity index (χ0n) is 35.0. The molecule has 0 heterocycles. The van der Waals surface area contributed by atoms with Gasteiger partial charge in [0.25, 0.3) is 0 Å². The number of rotatable bonds is 11. The number of nitrogens with one attached hydrogen (secondary N) is 2. The molecule has 0 amide bonds. The highest BCUT2D eigenvalue weighted by Crippen LogP contribution is 2.76. The number of carbonyl (C=O) groups excluding carboxylic acids is 1. The number of hydrogen-bond acceptors (Lipinski definition) is 5. The van der Waals surface area contributed by atoms with Crippen molar-refractivity contribution in [3.63, 3.8) is 0 Å². The first kappa shape index (κ1) is 42.9. The molecule has 292 valence electrons. The lowest BCUT2D eigenvalue weighted by molar-refractivity contribution is -0.231. The van der Waals surface area contributed by atoms with Crippen LogP contribution in [0.1, 0.15) is 168 Å². The van der Waals surface area contributed by atoms with E-state index in [4.69, 9.17) is 5.11 Å². The monoisotopic (exact) mass is 725 g/mol. The van der Waals surface area contributed by atoms with Crippen molar-refractivity contribution in [2.45, 2.75) is 163 Å². The molecule has 5 aliphatic rings. The molecule has 10 atom stereocenters. The van der Waals surface area contributed by atoms with E-state index in [0.717, 1.165) is 73.4 Å². The summed E-state index contributed by atoms with van der Waals surface area (Å²) in [6, 6.07) is 8.59. The predicted octanol–water partition coefficient (Wildman–Crippen LogP) is 11.2. The quantitative estimate of drug-likeness (QED) is 0.157. The van der Waals surface area contributed by atoms with E-state index in [1.165, 1.54) is 88.4 Å². The van der Waals surface area contributed by atoms with Gasteiger partial charge in [-0.2, -0.15) is 11.8 Å². The molecular formula is C46H80N2O2S. The average Bonchev–Trinajstić information content (AvgIpc) is 3.52. The van der Waals surface area contributed by atoms with E-state index in [1.54, 1.807) is 0 Å². The van der Waals surface area contributed by atoms with E-state index < -0.39 is 0 Å². The van der Waals surface area contributed by atoms with Crippen LogP contribution >= 0.6 is 11.8 Å². The molecule has 5 fully saturated rings. The number of aliphatic hydroxyl groups excluding tert-OH is 1. The molecule has 51 heavy (non-hydrogen) atoms. The van der Waals surface area contributed by atoms with Gasteiger partial charge in [-0.1, -0.05) is 99.9 Å². The summed E-state index contributed by atoms with van der Waals surface area (Å²) < 4.78 is 0. The van der Waals surface area contributed by atoms with Crippen molar-refractivity contribution in [2.24, 2.45) is 51.2 Å². The number of hydrogen-bond donors (Lipinski definition) is 3. The van der Waals surface area contributed by atoms with Crippen LogP contribution in [0, 0.1) is 51.2 Å². The highest BCUT2D eigenvalue weighted by atomic mass is 32.2. The number of aliphatic hydroxyl groups is 1. The molecular weight excluding hydrogens is 645 g/mol. The minimum atomic E-state index is 0.270. The lowest BCUT2D eigenvalue weighted by atomic mass is 9.32. The Hall–Kier alpha value is -0.880. The summed E-state index contributed by atoms with van der Waals surface area (Å²) in [5.41, 5.74) is 4.23. The summed E-state index contributed by atoms with van der Waals surface area (Å²) >= 11 is 2.11. The first-order chi connectivity index (χ1) is 24.2. The predicted molar refractivity (Wildman–Crippen MR) is 222 cm³/mol. The van der Waals surface area contributed by atoms with Gasteiger partial charge in [0, 0.05) is 43.1 Å². The smallest absolute Gasteiger partial charge is 0.150 e. The average molecular weight is 725 g/mol. The molecule has 5 saturated carbocycles. The molecule has 1 aromatic rings. The van der Waals surface area contributed by atoms with Crippen LogP contribution in [-0.2, 0) is 0 Å². The number of fused-ring (bicyclic) bond motifs is 7. The van der Waals surface area contributed by atoms with Crippen LogP contribution in [0.4, 0.5) is 0 Å². The topological polar surface area (TPSA) is 61.4 Å². The van der Waals surface area contributed by atoms with Crippen molar-refractivity contribution in [1.29, 1.82) is 0 Å². The summed E-state index contributed by atoms with van der Waals surface area (Å²) in [5, 5.41) is 15.8. The summed E-state index contributed by atoms with van der Waals surface area (Å²) in [5.74, 6) is 5.97. The molecule has 5 aliphatic carbocycles. The van der Waals surface area contributed by atoms with Crippen LogP contribution in [0.2, 0.25) is 0 Å². The molecule has 0 radical (unpaired) electrons. The molecule has 3 N–H and O–H groups in total. The minimum Gasteiger partial charge on any atom is -0.400 e. The molecule has 0 bridgehead atoms. The first-order valence-corrected chi connectivity index (χ1v) is 22.3. The van der Waals surface area contributed by atoms with Crippen LogP contribution in [-0.4, -0.2) is 54.7 Å². The Morgan fingerprint density at radius 3 is 2.12 bits per heavy atom. The number of carbonyl (C=O) groups is 1. The van der Waals surface area contributed by atoms with Crippen molar-refractivity contribution < 1.29 is 9.90 Å². The van der Waals surface area contributed by atoms with Gasteiger partial charge >= 0.3 is 0 Å². The Balaban J connectivity index is 0.000000909. The third-order valence-corrected chi connectivity index (χ3v) is 17.2. The normalized spacial score (nSPS) is 38.4. The maximum Gasteiger partial charge on any atom is 0.150 e. The van der Waals surface area contributed by atoms with Gasteiger partial charge in [0.2, 0.25) is 0 Å². The standard InChI is InChI=1S/C41H66N2OS.C4H10.CH4O/c1-8-31(45-9-2)27-42-25-26-43-41-20-10-11-34(41)33-16-17-36-38(5)21-18-32(30-14-12-29(28-44)13-15-30)37(3,4)35(38)19-22-40(36,7)39(33,6)23-24-41;1-4(2)3;1-2/h12-15,28,31-36,42-43H,8-11,16-27H2,1-7H3;4H,1-3H3;2H,1H3/t31?,32-,33?,34+,35?,36?,38?,39+,40?,41?;;/m0../s1. The molecule has 7 unspecified atom stereocenters. The largest absolute Gasteiger partial charge is 0.400 e. The van der Waals surface area contributed by atoms with Crippen molar-refractivity contribution in [3.8, 4) is 0 Å². The third-order valence-electron chi connectivity index (χ3n) is 15.9. The van der Waals surface area contributed by atoms with Crippen LogP contribution in [0.5, 0.6) is 0 Å². The van der Waals surface area contributed by atoms with Crippen molar-refractivity contribution in [3.05, 3.63) is 35.4 Å². The molecule has 0 saturated heterocycles. The van der Waals surface area contributed by atoms with Gasteiger partial charge in [0.05, 0.1) is 0 Å². The third kappa shape index (κ3) is 8.23. The van der Waals surface area contributed by atoms with Crippen molar-refractivity contribution >= 4 is 18.0 Å². The summed E-state index contributed by atoms with van der Waals surface area (Å²) in [6.45, 7) is 28.0. The van der Waals surface area contributed by atoms with Gasteiger partial charge in [-0.05, 0) is 139 Å². The molecule has 5 heteroatoms. The second-order valence-electron chi connectivity index (χ2n) is 19.4. The van der Waals surface area contributed by atoms with Crippen LogP contribution in [0.15, 0.2) is 24.3 Å². The molecule has 4 nitrogen and oxygen atoms in total. The summed E-state index contributed by atoms with van der Waals surface area (Å²) in [7, 11) is 1.00. The number of thioether (sulfide) groups is 1. The van der Waals surface area contributed by atoms with Gasteiger partial charge in [-0.15, -0.1) is 0 Å². The Labute approximate surface area is 319 Å². The summed E-state index contributed by atoms with van der Waals surface area (Å²) in [6.07, 6.45) is 17.7. The second-order valence-corrected chi connectivity index (χ2v) is 20.9. The fourth-order valence-corrected chi connectivity index (χ4v) is 14.4. The molecule has 1 aromatic carbocycles. The van der Waals surface area contributed by atoms with Gasteiger partial charge in [-0.3, -0.25) is 4.79 Å². The van der Waals surface area contributed by atoms with E-state index in [9.17, 15) is 4.79 Å². The second kappa shape index (κ2) is 17.7. The van der Waals surface area contributed by atoms with Gasteiger partial charge in [0.15, 0.2) is 0 Å². The van der Waals surface area contributed by atoms with E-state index in [-0.39, 0.29) is 5.41 Å². The SMILES string of the molecule is CC(C)C.CCSC(CC)CNCCNC12CCC[C@@H]1C1CCC3C4(C)CC[C@@H](c5ccc(C=O)cc5)C(C)(C)C4CCC3(C)[C@]1(C)CC2.CO. The van der Waals surface area contributed by atoms with Gasteiger partial charge in [-0.25, -0.2) is 0 Å².